The van der Waals surface area contributed by atoms with Crippen molar-refractivity contribution < 1.29 is 9.13 Å². The lowest BCUT2D eigenvalue weighted by Crippen LogP contribution is -2.17. The van der Waals surface area contributed by atoms with E-state index >= 15 is 0 Å². The van der Waals surface area contributed by atoms with Crippen LogP contribution in [0.2, 0.25) is 0 Å². The van der Waals surface area contributed by atoms with Gasteiger partial charge < -0.3 is 10.5 Å². The van der Waals surface area contributed by atoms with E-state index < -0.39 is 0 Å². The molecular formula is C11H16FNO. The Hall–Kier alpha value is -0.930. The lowest BCUT2D eigenvalue weighted by molar-refractivity contribution is 0.115. The number of hydrogen-bond acceptors (Lipinski definition) is 2. The minimum absolute atomic E-state index is 0.170. The van der Waals surface area contributed by atoms with Crippen molar-refractivity contribution in [3.05, 3.63) is 35.6 Å². The molecule has 1 aromatic carbocycles. The van der Waals surface area contributed by atoms with E-state index in [1.165, 1.54) is 12.1 Å². The van der Waals surface area contributed by atoms with Gasteiger partial charge in [0.05, 0.1) is 6.61 Å². The van der Waals surface area contributed by atoms with E-state index in [9.17, 15) is 4.39 Å². The molecule has 1 rings (SSSR count). The average molecular weight is 197 g/mol. The second-order valence-corrected chi connectivity index (χ2v) is 3.45. The van der Waals surface area contributed by atoms with Crippen molar-refractivity contribution in [1.29, 1.82) is 0 Å². The molecule has 0 amide bonds. The number of hydrogen-bond donors (Lipinski definition) is 1. The molecule has 3 heteroatoms. The second-order valence-electron chi connectivity index (χ2n) is 3.45. The first kappa shape index (κ1) is 11.1. The molecule has 78 valence electrons. The predicted molar refractivity (Wildman–Crippen MR) is 54.3 cm³/mol. The van der Waals surface area contributed by atoms with E-state index in [2.05, 4.69) is 0 Å². The first-order chi connectivity index (χ1) is 6.68. The van der Waals surface area contributed by atoms with Gasteiger partial charge in [0.2, 0.25) is 0 Å². The molecule has 0 saturated heterocycles. The van der Waals surface area contributed by atoms with Crippen LogP contribution in [0.1, 0.15) is 18.9 Å². The third kappa shape index (κ3) is 4.35. The van der Waals surface area contributed by atoms with Crippen LogP contribution in [0.5, 0.6) is 0 Å². The highest BCUT2D eigenvalue weighted by atomic mass is 19.1. The molecule has 0 spiro atoms. The van der Waals surface area contributed by atoms with Gasteiger partial charge in [-0.05, 0) is 31.0 Å². The molecule has 1 atom stereocenters. The third-order valence-electron chi connectivity index (χ3n) is 1.90. The molecule has 0 bridgehead atoms. The molecule has 1 unspecified atom stereocenters. The van der Waals surface area contributed by atoms with Crippen molar-refractivity contribution in [2.24, 2.45) is 5.73 Å². The second kappa shape index (κ2) is 5.73. The summed E-state index contributed by atoms with van der Waals surface area (Å²) < 4.78 is 17.9. The molecule has 0 heterocycles. The van der Waals surface area contributed by atoms with E-state index in [-0.39, 0.29) is 11.9 Å². The van der Waals surface area contributed by atoms with Gasteiger partial charge in [0.25, 0.3) is 0 Å². The molecule has 0 aliphatic carbocycles. The van der Waals surface area contributed by atoms with Crippen LogP contribution in [-0.4, -0.2) is 12.6 Å². The van der Waals surface area contributed by atoms with Crippen molar-refractivity contribution in [2.75, 3.05) is 6.61 Å². The molecule has 2 nitrogen and oxygen atoms in total. The Kier molecular flexibility index (Phi) is 4.56. The fraction of sp³-hybridized carbons (Fsp3) is 0.455. The molecule has 0 fully saturated rings. The molecule has 0 saturated carbocycles. The van der Waals surface area contributed by atoms with Crippen LogP contribution >= 0.6 is 0 Å². The van der Waals surface area contributed by atoms with E-state index in [0.717, 1.165) is 12.0 Å². The van der Waals surface area contributed by atoms with Gasteiger partial charge in [-0.3, -0.25) is 0 Å². The topological polar surface area (TPSA) is 35.2 Å². The fourth-order valence-corrected chi connectivity index (χ4v) is 1.04. The maximum atomic E-state index is 12.5. The highest BCUT2D eigenvalue weighted by molar-refractivity contribution is 5.14. The van der Waals surface area contributed by atoms with Gasteiger partial charge in [0.1, 0.15) is 5.82 Å². The average Bonchev–Trinajstić information content (AvgIpc) is 2.15. The Bertz CT molecular complexity index is 258. The van der Waals surface area contributed by atoms with E-state index in [1.807, 2.05) is 6.92 Å². The van der Waals surface area contributed by atoms with Gasteiger partial charge in [-0.2, -0.15) is 0 Å². The zero-order valence-electron chi connectivity index (χ0n) is 8.37. The normalized spacial score (nSPS) is 12.8. The minimum atomic E-state index is -0.218. The highest BCUT2D eigenvalue weighted by Gasteiger charge is 1.96. The summed E-state index contributed by atoms with van der Waals surface area (Å²) in [6, 6.07) is 6.49. The van der Waals surface area contributed by atoms with Crippen LogP contribution in [0.15, 0.2) is 24.3 Å². The van der Waals surface area contributed by atoms with Gasteiger partial charge in [0, 0.05) is 12.6 Å². The Morgan fingerprint density at radius 1 is 1.36 bits per heavy atom. The van der Waals surface area contributed by atoms with Crippen molar-refractivity contribution >= 4 is 0 Å². The summed E-state index contributed by atoms with van der Waals surface area (Å²) in [7, 11) is 0. The Morgan fingerprint density at radius 2 is 2.00 bits per heavy atom. The molecular weight excluding hydrogens is 181 g/mol. The molecule has 0 radical (unpaired) electrons. The van der Waals surface area contributed by atoms with Gasteiger partial charge in [-0.15, -0.1) is 0 Å². The number of ether oxygens (including phenoxy) is 1. The van der Waals surface area contributed by atoms with Crippen molar-refractivity contribution in [1.82, 2.24) is 0 Å². The summed E-state index contributed by atoms with van der Waals surface area (Å²) in [6.45, 7) is 3.11. The van der Waals surface area contributed by atoms with Crippen molar-refractivity contribution in [3.8, 4) is 0 Å². The van der Waals surface area contributed by atoms with Crippen LogP contribution in [0.3, 0.4) is 0 Å². The third-order valence-corrected chi connectivity index (χ3v) is 1.90. The number of rotatable bonds is 5. The van der Waals surface area contributed by atoms with Crippen LogP contribution in [0.4, 0.5) is 4.39 Å². The van der Waals surface area contributed by atoms with Crippen molar-refractivity contribution in [3.63, 3.8) is 0 Å². The molecule has 0 aliphatic rings. The Balaban J connectivity index is 2.21. The summed E-state index contributed by atoms with van der Waals surface area (Å²) in [5, 5.41) is 0. The summed E-state index contributed by atoms with van der Waals surface area (Å²) in [5.41, 5.74) is 6.54. The van der Waals surface area contributed by atoms with Crippen LogP contribution in [0, 0.1) is 5.82 Å². The standard InChI is InChI=1S/C11H16FNO/c1-9(13)6-7-14-8-10-2-4-11(12)5-3-10/h2-5,9H,6-8,13H2,1H3. The highest BCUT2D eigenvalue weighted by Crippen LogP contribution is 2.04. The van der Waals surface area contributed by atoms with Gasteiger partial charge in [-0.25, -0.2) is 4.39 Å². The maximum absolute atomic E-state index is 12.5. The van der Waals surface area contributed by atoms with E-state index in [4.69, 9.17) is 10.5 Å². The van der Waals surface area contributed by atoms with Gasteiger partial charge in [-0.1, -0.05) is 12.1 Å². The zero-order valence-corrected chi connectivity index (χ0v) is 8.37. The molecule has 1 aromatic rings. The zero-order chi connectivity index (χ0) is 10.4. The Morgan fingerprint density at radius 3 is 2.57 bits per heavy atom. The SMILES string of the molecule is CC(N)CCOCc1ccc(F)cc1. The predicted octanol–water partition coefficient (Wildman–Crippen LogP) is 2.08. The lowest BCUT2D eigenvalue weighted by Gasteiger charge is -2.06. The number of halogens is 1. The minimum Gasteiger partial charge on any atom is -0.377 e. The molecule has 2 N–H and O–H groups in total. The van der Waals surface area contributed by atoms with E-state index in [0.29, 0.717) is 13.2 Å². The molecule has 14 heavy (non-hydrogen) atoms. The van der Waals surface area contributed by atoms with Crippen molar-refractivity contribution in [2.45, 2.75) is 26.0 Å². The Labute approximate surface area is 83.9 Å². The van der Waals surface area contributed by atoms with Gasteiger partial charge in [0.15, 0.2) is 0 Å². The summed E-state index contributed by atoms with van der Waals surface area (Å²) >= 11 is 0. The smallest absolute Gasteiger partial charge is 0.123 e. The number of nitrogens with two attached hydrogens (primary N) is 1. The largest absolute Gasteiger partial charge is 0.377 e. The fourth-order valence-electron chi connectivity index (χ4n) is 1.04. The summed E-state index contributed by atoms with van der Waals surface area (Å²) in [4.78, 5) is 0. The molecule has 0 aliphatic heterocycles. The quantitative estimate of drug-likeness (QED) is 0.733. The number of benzene rings is 1. The van der Waals surface area contributed by atoms with Crippen LogP contribution in [-0.2, 0) is 11.3 Å². The first-order valence-corrected chi connectivity index (χ1v) is 4.76. The summed E-state index contributed by atoms with van der Waals surface area (Å²) in [6.07, 6.45) is 0.848. The summed E-state index contributed by atoms with van der Waals surface area (Å²) in [5.74, 6) is -0.218. The maximum Gasteiger partial charge on any atom is 0.123 e. The first-order valence-electron chi connectivity index (χ1n) is 4.76. The monoisotopic (exact) mass is 197 g/mol. The molecule has 0 aromatic heterocycles. The van der Waals surface area contributed by atoms with E-state index in [1.54, 1.807) is 12.1 Å². The van der Waals surface area contributed by atoms with Gasteiger partial charge >= 0.3 is 0 Å². The lowest BCUT2D eigenvalue weighted by atomic mass is 10.2. The van der Waals surface area contributed by atoms with Crippen LogP contribution < -0.4 is 5.73 Å². The van der Waals surface area contributed by atoms with Crippen LogP contribution in [0.25, 0.3) is 0 Å².